The Morgan fingerprint density at radius 1 is 1.67 bits per heavy atom. The van der Waals surface area contributed by atoms with Crippen molar-refractivity contribution in [2.45, 2.75) is 12.6 Å². The molecule has 0 radical (unpaired) electrons. The topological polar surface area (TPSA) is 69.4 Å². The normalized spacial score (nSPS) is 26.8. The first-order valence-electron chi connectivity index (χ1n) is 2.54. The molecule has 0 aromatic heterocycles. The molecular formula is C4H7NO3S. The van der Waals surface area contributed by atoms with Gasteiger partial charge in [-0.05, 0) is 0 Å². The van der Waals surface area contributed by atoms with Gasteiger partial charge in [0, 0.05) is 6.42 Å². The molecule has 0 amide bonds. The van der Waals surface area contributed by atoms with Gasteiger partial charge in [0.2, 0.25) is 10.3 Å². The molecule has 4 nitrogen and oxygen atoms in total. The predicted octanol–water partition coefficient (Wildman–Crippen LogP) is -1.26. The quantitative estimate of drug-likeness (QED) is 0.436. The third-order valence-electron chi connectivity index (χ3n) is 1.18. The van der Waals surface area contributed by atoms with Gasteiger partial charge in [-0.3, -0.25) is 0 Å². The molecule has 0 bridgehead atoms. The Bertz CT molecular complexity index is 222. The maximum absolute atomic E-state index is 10.2. The lowest BCUT2D eigenvalue weighted by atomic mass is 10.3. The van der Waals surface area contributed by atoms with Crippen LogP contribution < -0.4 is 5.73 Å². The van der Waals surface area contributed by atoms with Crippen LogP contribution in [0.1, 0.15) is 6.42 Å². The fourth-order valence-corrected chi connectivity index (χ4v) is 1.21. The lowest BCUT2D eigenvalue weighted by molar-refractivity contribution is 0.138. The van der Waals surface area contributed by atoms with Crippen LogP contribution in [-0.2, 0) is 15.0 Å². The molecule has 0 spiro atoms. The number of rotatable bonds is 0. The van der Waals surface area contributed by atoms with Crippen molar-refractivity contribution in [1.29, 1.82) is 0 Å². The molecule has 1 aliphatic rings. The molecule has 1 rings (SSSR count). The van der Waals surface area contributed by atoms with E-state index in [0.29, 0.717) is 13.0 Å². The van der Waals surface area contributed by atoms with Crippen LogP contribution in [0, 0.1) is 0 Å². The lowest BCUT2D eigenvalue weighted by Crippen LogP contribution is -2.26. The summed E-state index contributed by atoms with van der Waals surface area (Å²) in [6.07, 6.45) is -0.250. The van der Waals surface area contributed by atoms with Crippen molar-refractivity contribution in [3.8, 4) is 0 Å². The minimum atomic E-state index is -2.15. The van der Waals surface area contributed by atoms with Crippen LogP contribution >= 0.6 is 0 Å². The van der Waals surface area contributed by atoms with E-state index in [9.17, 15) is 8.42 Å². The van der Waals surface area contributed by atoms with Gasteiger partial charge in [0.25, 0.3) is 0 Å². The Morgan fingerprint density at radius 3 is 2.56 bits per heavy atom. The molecule has 0 aliphatic carbocycles. The zero-order valence-corrected chi connectivity index (χ0v) is 5.52. The van der Waals surface area contributed by atoms with Crippen molar-refractivity contribution < 1.29 is 13.2 Å². The highest BCUT2D eigenvalue weighted by Gasteiger charge is 2.19. The van der Waals surface area contributed by atoms with Gasteiger partial charge >= 0.3 is 0 Å². The van der Waals surface area contributed by atoms with E-state index < -0.39 is 16.5 Å². The SMILES string of the molecule is NC1OCCC1=S(=O)=O. The zero-order valence-electron chi connectivity index (χ0n) is 4.70. The molecule has 1 saturated heterocycles. The van der Waals surface area contributed by atoms with Crippen molar-refractivity contribution in [2.75, 3.05) is 6.61 Å². The fraction of sp³-hybridized carbons (Fsp3) is 0.750. The summed E-state index contributed by atoms with van der Waals surface area (Å²) >= 11 is 0. The number of ether oxygens (including phenoxy) is 1. The molecule has 1 atom stereocenters. The number of hydrogen-bond donors (Lipinski definition) is 1. The first-order chi connectivity index (χ1) is 4.22. The van der Waals surface area contributed by atoms with Gasteiger partial charge in [0.1, 0.15) is 6.23 Å². The fourth-order valence-electron chi connectivity index (χ4n) is 0.700. The van der Waals surface area contributed by atoms with Gasteiger partial charge in [-0.1, -0.05) is 0 Å². The Morgan fingerprint density at radius 2 is 2.33 bits per heavy atom. The molecule has 9 heavy (non-hydrogen) atoms. The van der Waals surface area contributed by atoms with E-state index in [1.54, 1.807) is 0 Å². The Hall–Kier alpha value is -0.390. The standard InChI is InChI=1S/C4H7NO3S/c5-4-3(9(6)7)1-2-8-4/h4H,1-2,5H2. The van der Waals surface area contributed by atoms with Crippen molar-refractivity contribution in [3.63, 3.8) is 0 Å². The Labute approximate surface area is 54.1 Å². The largest absolute Gasteiger partial charge is 0.358 e. The molecule has 0 saturated carbocycles. The molecule has 5 heteroatoms. The van der Waals surface area contributed by atoms with Crippen molar-refractivity contribution in [1.82, 2.24) is 0 Å². The van der Waals surface area contributed by atoms with E-state index in [2.05, 4.69) is 0 Å². The molecule has 1 fully saturated rings. The van der Waals surface area contributed by atoms with E-state index in [4.69, 9.17) is 10.5 Å². The summed E-state index contributed by atoms with van der Waals surface area (Å²) in [6.45, 7) is 0.421. The second kappa shape index (κ2) is 2.47. The van der Waals surface area contributed by atoms with E-state index in [1.165, 1.54) is 0 Å². The summed E-state index contributed by atoms with van der Waals surface area (Å²) in [4.78, 5) is 0.273. The molecule has 1 heterocycles. The van der Waals surface area contributed by atoms with Crippen molar-refractivity contribution in [3.05, 3.63) is 0 Å². The second-order valence-electron chi connectivity index (χ2n) is 1.74. The van der Waals surface area contributed by atoms with E-state index in [1.807, 2.05) is 0 Å². The first-order valence-corrected chi connectivity index (χ1v) is 3.61. The summed E-state index contributed by atoms with van der Waals surface area (Å²) in [5.41, 5.74) is 5.23. The van der Waals surface area contributed by atoms with Gasteiger partial charge < -0.3 is 10.5 Å². The highest BCUT2D eigenvalue weighted by Crippen LogP contribution is 2.02. The number of hydrogen-bond acceptors (Lipinski definition) is 4. The van der Waals surface area contributed by atoms with Crippen molar-refractivity contribution in [2.24, 2.45) is 5.73 Å². The smallest absolute Gasteiger partial charge is 0.217 e. The third-order valence-corrected chi connectivity index (χ3v) is 2.04. The minimum absolute atomic E-state index is 0.273. The molecular weight excluding hydrogens is 142 g/mol. The highest BCUT2D eigenvalue weighted by atomic mass is 32.2. The average Bonchev–Trinajstić information content (AvgIpc) is 2.13. The molecule has 1 aliphatic heterocycles. The maximum Gasteiger partial charge on any atom is 0.217 e. The molecule has 1 unspecified atom stereocenters. The summed E-state index contributed by atoms with van der Waals surface area (Å²) in [5, 5.41) is 0. The van der Waals surface area contributed by atoms with Gasteiger partial charge in [-0.2, -0.15) is 8.42 Å². The van der Waals surface area contributed by atoms with Gasteiger partial charge in [-0.25, -0.2) is 0 Å². The van der Waals surface area contributed by atoms with Crippen LogP contribution in [-0.4, -0.2) is 26.1 Å². The Balaban J connectivity index is 2.97. The average molecular weight is 149 g/mol. The molecule has 2 N–H and O–H groups in total. The van der Waals surface area contributed by atoms with Gasteiger partial charge in [-0.15, -0.1) is 0 Å². The third kappa shape index (κ3) is 1.29. The first kappa shape index (κ1) is 6.73. The van der Waals surface area contributed by atoms with E-state index in [0.717, 1.165) is 0 Å². The second-order valence-corrected chi connectivity index (χ2v) is 2.74. The minimum Gasteiger partial charge on any atom is -0.358 e. The van der Waals surface area contributed by atoms with Crippen LogP contribution in [0.5, 0.6) is 0 Å². The monoisotopic (exact) mass is 149 g/mol. The van der Waals surface area contributed by atoms with Gasteiger partial charge in [0.15, 0.2) is 0 Å². The predicted molar refractivity (Wildman–Crippen MR) is 32.5 cm³/mol. The number of nitrogens with two attached hydrogens (primary N) is 1. The summed E-state index contributed by atoms with van der Waals surface area (Å²) in [7, 11) is -2.15. The van der Waals surface area contributed by atoms with Crippen LogP contribution in [0.4, 0.5) is 0 Å². The van der Waals surface area contributed by atoms with Gasteiger partial charge in [0.05, 0.1) is 11.5 Å². The molecule has 0 aromatic rings. The summed E-state index contributed by atoms with van der Waals surface area (Å²) in [6, 6.07) is 0. The van der Waals surface area contributed by atoms with Crippen LogP contribution in [0.3, 0.4) is 0 Å². The van der Waals surface area contributed by atoms with Crippen LogP contribution in [0.15, 0.2) is 0 Å². The molecule has 52 valence electrons. The van der Waals surface area contributed by atoms with E-state index in [-0.39, 0.29) is 4.86 Å². The van der Waals surface area contributed by atoms with Crippen molar-refractivity contribution >= 4 is 15.2 Å². The van der Waals surface area contributed by atoms with E-state index >= 15 is 0 Å². The maximum atomic E-state index is 10.2. The highest BCUT2D eigenvalue weighted by molar-refractivity contribution is 7.73. The molecule has 0 aromatic carbocycles. The zero-order chi connectivity index (χ0) is 6.85. The van der Waals surface area contributed by atoms with Crippen LogP contribution in [0.25, 0.3) is 0 Å². The summed E-state index contributed by atoms with van der Waals surface area (Å²) in [5.74, 6) is 0. The Kier molecular flexibility index (Phi) is 1.84. The van der Waals surface area contributed by atoms with Crippen LogP contribution in [0.2, 0.25) is 0 Å². The lowest BCUT2D eigenvalue weighted by Gasteiger charge is -1.96. The summed E-state index contributed by atoms with van der Waals surface area (Å²) < 4.78 is 25.2.